The van der Waals surface area contributed by atoms with E-state index >= 15 is 0 Å². The second-order valence-corrected chi connectivity index (χ2v) is 2.60. The van der Waals surface area contributed by atoms with E-state index in [1.54, 1.807) is 19.3 Å². The Bertz CT molecular complexity index is 291. The molecular formula is C6H8ClN2NaS. The minimum atomic E-state index is 0. The predicted molar refractivity (Wildman–Crippen MR) is 47.3 cm³/mol. The van der Waals surface area contributed by atoms with Crippen LogP contribution in [-0.2, 0) is 0 Å². The number of H-pyrrole nitrogens is 1. The molecule has 11 heavy (non-hydrogen) atoms. The van der Waals surface area contributed by atoms with Crippen molar-refractivity contribution in [2.75, 3.05) is 12.4 Å². The van der Waals surface area contributed by atoms with Gasteiger partial charge in [0, 0.05) is 13.2 Å². The number of nitrogens with one attached hydrogen (secondary N) is 2. The molecule has 0 radical (unpaired) electrons. The van der Waals surface area contributed by atoms with Gasteiger partial charge in [-0.1, -0.05) is 23.8 Å². The average Bonchev–Trinajstić information content (AvgIpc) is 1.95. The van der Waals surface area contributed by atoms with Crippen molar-refractivity contribution in [1.82, 2.24) is 4.98 Å². The van der Waals surface area contributed by atoms with Crippen molar-refractivity contribution in [3.8, 4) is 0 Å². The Morgan fingerprint density at radius 1 is 1.73 bits per heavy atom. The van der Waals surface area contributed by atoms with Crippen molar-refractivity contribution in [3.63, 3.8) is 0 Å². The second kappa shape index (κ2) is 5.17. The molecule has 0 unspecified atom stereocenters. The van der Waals surface area contributed by atoms with Crippen molar-refractivity contribution >= 4 is 29.6 Å². The van der Waals surface area contributed by atoms with E-state index in [1.165, 1.54) is 0 Å². The molecule has 0 aliphatic heterocycles. The Balaban J connectivity index is 0. The van der Waals surface area contributed by atoms with Crippen molar-refractivity contribution in [2.45, 2.75) is 0 Å². The molecule has 0 fully saturated rings. The fraction of sp³-hybridized carbons (Fsp3) is 0.167. The molecule has 5 heteroatoms. The van der Waals surface area contributed by atoms with E-state index < -0.39 is 0 Å². The number of aromatic amines is 1. The van der Waals surface area contributed by atoms with Gasteiger partial charge in [0.05, 0.1) is 9.53 Å². The number of hydrogen-bond donors (Lipinski definition) is 2. The molecule has 0 bridgehead atoms. The monoisotopic (exact) mass is 198 g/mol. The van der Waals surface area contributed by atoms with Crippen LogP contribution >= 0.6 is 23.8 Å². The summed E-state index contributed by atoms with van der Waals surface area (Å²) in [4.78, 5) is 2.92. The van der Waals surface area contributed by atoms with E-state index in [1.807, 2.05) is 0 Å². The molecule has 0 aromatic carbocycles. The van der Waals surface area contributed by atoms with Gasteiger partial charge in [-0.15, -0.1) is 0 Å². The van der Waals surface area contributed by atoms with Gasteiger partial charge >= 0.3 is 29.6 Å². The summed E-state index contributed by atoms with van der Waals surface area (Å²) in [6.07, 6.45) is 1.75. The third kappa shape index (κ3) is 2.76. The van der Waals surface area contributed by atoms with Gasteiger partial charge in [0.1, 0.15) is 5.82 Å². The number of anilines is 1. The molecule has 0 spiro atoms. The fourth-order valence-corrected chi connectivity index (χ4v) is 1.02. The summed E-state index contributed by atoms with van der Waals surface area (Å²) in [5.74, 6) is 0.758. The molecule has 0 saturated carbocycles. The maximum atomic E-state index is 5.80. The summed E-state index contributed by atoms with van der Waals surface area (Å²) < 4.78 is 0.657. The molecule has 0 saturated heterocycles. The molecule has 0 amide bonds. The van der Waals surface area contributed by atoms with Crippen LogP contribution in [0.5, 0.6) is 0 Å². The predicted octanol–water partition coefficient (Wildman–Crippen LogP) is -0.444. The van der Waals surface area contributed by atoms with E-state index in [0.717, 1.165) is 5.82 Å². The molecule has 0 atom stereocenters. The Kier molecular flexibility index (Phi) is 5.38. The van der Waals surface area contributed by atoms with Crippen molar-refractivity contribution < 1.29 is 31.0 Å². The van der Waals surface area contributed by atoms with Crippen LogP contribution in [0.15, 0.2) is 12.3 Å². The standard InChI is InChI=1S/C6H7ClN2S.Na.H/c1-8-6-5(7)4(10)2-3-9-6;;/h2-3H,1H3,(H2,8,9,10);;/q;+1;-1. The fourth-order valence-electron chi connectivity index (χ4n) is 0.642. The summed E-state index contributed by atoms with van der Waals surface area (Å²) in [6, 6.07) is 1.75. The number of hydrogen-bond acceptors (Lipinski definition) is 2. The summed E-state index contributed by atoms with van der Waals surface area (Å²) in [5.41, 5.74) is 0. The number of aromatic nitrogens is 1. The molecular weight excluding hydrogens is 191 g/mol. The molecule has 56 valence electrons. The second-order valence-electron chi connectivity index (χ2n) is 1.78. The average molecular weight is 199 g/mol. The van der Waals surface area contributed by atoms with Crippen LogP contribution in [-0.4, -0.2) is 12.0 Å². The van der Waals surface area contributed by atoms with Crippen LogP contribution in [0.2, 0.25) is 5.02 Å². The van der Waals surface area contributed by atoms with Crippen molar-refractivity contribution in [3.05, 3.63) is 21.8 Å². The minimum absolute atomic E-state index is 0. The maximum Gasteiger partial charge on any atom is 1.00 e. The van der Waals surface area contributed by atoms with Crippen LogP contribution in [0, 0.1) is 4.51 Å². The third-order valence-electron chi connectivity index (χ3n) is 1.15. The molecule has 0 aliphatic rings. The molecule has 1 heterocycles. The van der Waals surface area contributed by atoms with Crippen LogP contribution in [0.1, 0.15) is 1.43 Å². The molecule has 1 aromatic heterocycles. The van der Waals surface area contributed by atoms with Gasteiger partial charge in [-0.05, 0) is 6.07 Å². The number of halogens is 1. The first kappa shape index (κ1) is 11.5. The van der Waals surface area contributed by atoms with Gasteiger partial charge in [0.25, 0.3) is 0 Å². The molecule has 0 aliphatic carbocycles. The van der Waals surface area contributed by atoms with Gasteiger partial charge in [-0.3, -0.25) is 0 Å². The largest absolute Gasteiger partial charge is 1.00 e. The van der Waals surface area contributed by atoms with Gasteiger partial charge < -0.3 is 11.7 Å². The Labute approximate surface area is 99.1 Å². The zero-order chi connectivity index (χ0) is 7.56. The minimum Gasteiger partial charge on any atom is -1.00 e. The van der Waals surface area contributed by atoms with Crippen LogP contribution in [0.4, 0.5) is 5.82 Å². The van der Waals surface area contributed by atoms with Gasteiger partial charge in [0.15, 0.2) is 0 Å². The van der Waals surface area contributed by atoms with Gasteiger partial charge in [-0.2, -0.15) is 0 Å². The topological polar surface area (TPSA) is 27.8 Å². The van der Waals surface area contributed by atoms with E-state index in [9.17, 15) is 0 Å². The summed E-state index contributed by atoms with van der Waals surface area (Å²) in [7, 11) is 1.78. The summed E-state index contributed by atoms with van der Waals surface area (Å²) in [5, 5.41) is 3.45. The van der Waals surface area contributed by atoms with E-state index in [2.05, 4.69) is 10.3 Å². The van der Waals surface area contributed by atoms with Crippen molar-refractivity contribution in [2.24, 2.45) is 0 Å². The van der Waals surface area contributed by atoms with E-state index in [0.29, 0.717) is 9.53 Å². The molecule has 1 aromatic rings. The van der Waals surface area contributed by atoms with Gasteiger partial charge in [-0.25, -0.2) is 0 Å². The third-order valence-corrected chi connectivity index (χ3v) is 1.99. The normalized spacial score (nSPS) is 8.55. The Morgan fingerprint density at radius 3 is 2.82 bits per heavy atom. The first-order valence-corrected chi connectivity index (χ1v) is 3.59. The van der Waals surface area contributed by atoms with Crippen LogP contribution < -0.4 is 34.9 Å². The first-order valence-electron chi connectivity index (χ1n) is 2.80. The van der Waals surface area contributed by atoms with E-state index in [4.69, 9.17) is 23.8 Å². The quantitative estimate of drug-likeness (QED) is 0.473. The number of rotatable bonds is 1. The van der Waals surface area contributed by atoms with Crippen LogP contribution in [0.3, 0.4) is 0 Å². The van der Waals surface area contributed by atoms with Crippen LogP contribution in [0.25, 0.3) is 0 Å². The van der Waals surface area contributed by atoms with Gasteiger partial charge in [0.2, 0.25) is 0 Å². The zero-order valence-corrected chi connectivity index (χ0v) is 10.0. The Hall–Kier alpha value is 0.460. The SMILES string of the molecule is CNc1[nH]ccc(=S)c1Cl.[H-].[Na+]. The molecule has 2 N–H and O–H groups in total. The van der Waals surface area contributed by atoms with Crippen molar-refractivity contribution in [1.29, 1.82) is 0 Å². The van der Waals surface area contributed by atoms with E-state index in [-0.39, 0.29) is 31.0 Å². The molecule has 1 rings (SSSR count). The first-order chi connectivity index (χ1) is 4.75. The smallest absolute Gasteiger partial charge is 1.00 e. The molecule has 2 nitrogen and oxygen atoms in total. The summed E-state index contributed by atoms with van der Waals surface area (Å²) >= 11 is 10.7. The number of pyridine rings is 1. The maximum absolute atomic E-state index is 5.80. The zero-order valence-electron chi connectivity index (χ0n) is 7.44. The Morgan fingerprint density at radius 2 is 2.36 bits per heavy atom. The summed E-state index contributed by atoms with van der Waals surface area (Å²) in [6.45, 7) is 0.